The van der Waals surface area contributed by atoms with Gasteiger partial charge in [0.2, 0.25) is 0 Å². The van der Waals surface area contributed by atoms with Gasteiger partial charge in [0.05, 0.1) is 27.9 Å². The molecule has 0 unspecified atom stereocenters. The number of rotatable bonds is 4. The third-order valence-electron chi connectivity index (χ3n) is 6.55. The van der Waals surface area contributed by atoms with Gasteiger partial charge >= 0.3 is 6.09 Å². The van der Waals surface area contributed by atoms with Gasteiger partial charge in [-0.2, -0.15) is 0 Å². The molecule has 0 saturated heterocycles. The topological polar surface area (TPSA) is 113 Å². The maximum atomic E-state index is 13.7. The molecule has 212 valence electrons. The minimum absolute atomic E-state index is 0.0396. The second-order valence-corrected chi connectivity index (χ2v) is 13.9. The van der Waals surface area contributed by atoms with Crippen LogP contribution in [0, 0.1) is 12.3 Å². The molecule has 2 aromatic carbocycles. The van der Waals surface area contributed by atoms with Crippen molar-refractivity contribution in [2.24, 2.45) is 5.41 Å². The van der Waals surface area contributed by atoms with Gasteiger partial charge in [0, 0.05) is 28.8 Å². The average Bonchev–Trinajstić information content (AvgIpc) is 3.46. The fourth-order valence-electron chi connectivity index (χ4n) is 4.52. The Kier molecular flexibility index (Phi) is 6.65. The van der Waals surface area contributed by atoms with Crippen LogP contribution in [-0.2, 0) is 14.8 Å². The molecule has 0 spiro atoms. The molecule has 0 radical (unpaired) electrons. The van der Waals surface area contributed by atoms with E-state index in [4.69, 9.17) is 9.72 Å². The Morgan fingerprint density at radius 2 is 1.56 bits per heavy atom. The number of hydrogen-bond donors (Lipinski definition) is 0. The maximum absolute atomic E-state index is 13.7. The smallest absolute Gasteiger partial charge is 0.419 e. The normalized spacial score (nSPS) is 12.7. The molecule has 10 heteroatoms. The van der Waals surface area contributed by atoms with E-state index in [2.05, 4.69) is 4.98 Å². The fraction of sp³-hybridized carbons (Fsp3) is 0.290. The van der Waals surface area contributed by atoms with Gasteiger partial charge in [0.15, 0.2) is 11.4 Å². The lowest BCUT2D eigenvalue weighted by Crippen LogP contribution is -2.26. The summed E-state index contributed by atoms with van der Waals surface area (Å²) in [5.74, 6) is -0.275. The Labute approximate surface area is 238 Å². The van der Waals surface area contributed by atoms with Crippen LogP contribution in [0.2, 0.25) is 0 Å². The van der Waals surface area contributed by atoms with Gasteiger partial charge in [-0.25, -0.2) is 27.2 Å². The lowest BCUT2D eigenvalue weighted by atomic mass is 9.87. The molecule has 0 bridgehead atoms. The lowest BCUT2D eigenvalue weighted by Gasteiger charge is -2.19. The highest BCUT2D eigenvalue weighted by atomic mass is 32.2. The molecule has 0 amide bonds. The second-order valence-electron chi connectivity index (χ2n) is 12.1. The predicted octanol–water partition coefficient (Wildman–Crippen LogP) is 6.61. The number of carbonyl (C=O) groups is 2. The number of aryl methyl sites for hydroxylation is 1. The predicted molar refractivity (Wildman–Crippen MR) is 158 cm³/mol. The Hall–Kier alpha value is -4.31. The van der Waals surface area contributed by atoms with Gasteiger partial charge in [-0.3, -0.25) is 9.36 Å². The highest BCUT2D eigenvalue weighted by molar-refractivity contribution is 7.90. The van der Waals surface area contributed by atoms with Crippen molar-refractivity contribution in [3.63, 3.8) is 0 Å². The van der Waals surface area contributed by atoms with Crippen molar-refractivity contribution in [2.75, 3.05) is 0 Å². The zero-order chi connectivity index (χ0) is 29.9. The molecular weight excluding hydrogens is 540 g/mol. The summed E-state index contributed by atoms with van der Waals surface area (Å²) in [5.41, 5.74) is 1.34. The van der Waals surface area contributed by atoms with E-state index in [0.717, 1.165) is 14.9 Å². The van der Waals surface area contributed by atoms with E-state index < -0.39 is 27.1 Å². The largest absolute Gasteiger partial charge is 0.443 e. The fourth-order valence-corrected chi connectivity index (χ4v) is 5.83. The number of carbonyl (C=O) groups excluding carboxylic acids is 2. The second kappa shape index (κ2) is 9.66. The molecule has 0 aliphatic carbocycles. The zero-order valence-electron chi connectivity index (χ0n) is 24.1. The molecule has 0 aliphatic heterocycles. The van der Waals surface area contributed by atoms with Crippen LogP contribution in [0.5, 0.6) is 0 Å². The minimum Gasteiger partial charge on any atom is -0.443 e. The summed E-state index contributed by atoms with van der Waals surface area (Å²) in [6.07, 6.45) is 3.84. The molecule has 0 N–H and O–H groups in total. The van der Waals surface area contributed by atoms with E-state index in [0.29, 0.717) is 16.8 Å². The third-order valence-corrected chi connectivity index (χ3v) is 8.21. The standard InChI is InChI=1S/C31H32N4O5S/c1-19-12-14-20(15-13-19)41(38,39)35-18-23(27(36)30(2,3)4)26-28(35)32-16-24(33-26)22-17-34(29(37)40-31(5,6)7)25-11-9-8-10-21(22)25/h8-18H,1-7H3. The first-order valence-corrected chi connectivity index (χ1v) is 14.6. The first-order chi connectivity index (χ1) is 19.1. The van der Waals surface area contributed by atoms with Crippen LogP contribution in [0.15, 0.2) is 72.0 Å². The molecule has 5 aromatic rings. The van der Waals surface area contributed by atoms with Crippen LogP contribution in [0.4, 0.5) is 4.79 Å². The Morgan fingerprint density at radius 1 is 0.902 bits per heavy atom. The Balaban J connectivity index is 1.74. The molecule has 0 atom stereocenters. The van der Waals surface area contributed by atoms with E-state index in [-0.39, 0.29) is 27.4 Å². The first-order valence-electron chi connectivity index (χ1n) is 13.2. The van der Waals surface area contributed by atoms with Crippen molar-refractivity contribution in [1.82, 2.24) is 18.5 Å². The first kappa shape index (κ1) is 28.2. The number of hydrogen-bond acceptors (Lipinski definition) is 7. The van der Waals surface area contributed by atoms with E-state index in [1.54, 1.807) is 65.9 Å². The quantitative estimate of drug-likeness (QED) is 0.223. The summed E-state index contributed by atoms with van der Waals surface area (Å²) in [7, 11) is -4.08. The molecule has 0 fully saturated rings. The molecule has 0 saturated carbocycles. The molecule has 41 heavy (non-hydrogen) atoms. The summed E-state index contributed by atoms with van der Waals surface area (Å²) in [6.45, 7) is 12.5. The number of para-hydroxylation sites is 1. The molecule has 3 heterocycles. The summed E-state index contributed by atoms with van der Waals surface area (Å²) in [4.78, 5) is 36.0. The highest BCUT2D eigenvalue weighted by Crippen LogP contribution is 2.34. The van der Waals surface area contributed by atoms with Gasteiger partial charge in [-0.05, 0) is 45.9 Å². The van der Waals surface area contributed by atoms with Crippen LogP contribution in [0.1, 0.15) is 57.5 Å². The van der Waals surface area contributed by atoms with Crippen LogP contribution in [0.3, 0.4) is 0 Å². The van der Waals surface area contributed by atoms with E-state index >= 15 is 0 Å². The number of ketones is 1. The van der Waals surface area contributed by atoms with Crippen molar-refractivity contribution >= 4 is 44.0 Å². The Morgan fingerprint density at radius 3 is 2.20 bits per heavy atom. The van der Waals surface area contributed by atoms with Gasteiger partial charge in [0.25, 0.3) is 10.0 Å². The number of ether oxygens (including phenoxy) is 1. The maximum Gasteiger partial charge on any atom is 0.419 e. The summed E-state index contributed by atoms with van der Waals surface area (Å²) in [6, 6.07) is 13.8. The third kappa shape index (κ3) is 5.15. The van der Waals surface area contributed by atoms with Crippen molar-refractivity contribution in [3.05, 3.63) is 78.2 Å². The number of benzene rings is 2. The monoisotopic (exact) mass is 572 g/mol. The number of Topliss-reactive ketones (excluding diaryl/α,β-unsaturated/α-hetero) is 1. The van der Waals surface area contributed by atoms with E-state index in [1.807, 2.05) is 25.1 Å². The molecule has 3 aromatic heterocycles. The number of aromatic nitrogens is 4. The summed E-state index contributed by atoms with van der Waals surface area (Å²) >= 11 is 0. The summed E-state index contributed by atoms with van der Waals surface area (Å²) in [5, 5.41) is 0.724. The Bertz CT molecular complexity index is 1940. The zero-order valence-corrected chi connectivity index (χ0v) is 24.9. The number of nitrogens with zero attached hydrogens (tertiary/aromatic N) is 4. The summed E-state index contributed by atoms with van der Waals surface area (Å²) < 4.78 is 35.4. The van der Waals surface area contributed by atoms with Crippen molar-refractivity contribution < 1.29 is 22.7 Å². The molecule has 5 rings (SSSR count). The van der Waals surface area contributed by atoms with Crippen molar-refractivity contribution in [3.8, 4) is 11.3 Å². The van der Waals surface area contributed by atoms with Gasteiger partial charge in [-0.15, -0.1) is 0 Å². The number of fused-ring (bicyclic) bond motifs is 2. The molecular formula is C31H32N4O5S. The van der Waals surface area contributed by atoms with E-state index in [9.17, 15) is 18.0 Å². The van der Waals surface area contributed by atoms with Gasteiger partial charge < -0.3 is 4.74 Å². The van der Waals surface area contributed by atoms with Crippen LogP contribution in [0.25, 0.3) is 33.3 Å². The molecule has 9 nitrogen and oxygen atoms in total. The van der Waals surface area contributed by atoms with Crippen molar-refractivity contribution in [2.45, 2.75) is 59.0 Å². The van der Waals surface area contributed by atoms with Crippen LogP contribution in [-0.4, -0.2) is 44.4 Å². The highest BCUT2D eigenvalue weighted by Gasteiger charge is 2.31. The van der Waals surface area contributed by atoms with E-state index in [1.165, 1.54) is 29.1 Å². The van der Waals surface area contributed by atoms with Crippen LogP contribution < -0.4 is 0 Å². The van der Waals surface area contributed by atoms with Crippen LogP contribution >= 0.6 is 0 Å². The van der Waals surface area contributed by atoms with Gasteiger partial charge in [0.1, 0.15) is 11.1 Å². The lowest BCUT2D eigenvalue weighted by molar-refractivity contribution is 0.0544. The van der Waals surface area contributed by atoms with Crippen molar-refractivity contribution in [1.29, 1.82) is 0 Å². The average molecular weight is 573 g/mol. The minimum atomic E-state index is -4.08. The molecule has 0 aliphatic rings. The SMILES string of the molecule is Cc1ccc(S(=O)(=O)n2cc(C(=O)C(C)(C)C)c3nc(-c4cn(C(=O)OC(C)(C)C)c5ccccc45)cnc32)cc1. The van der Waals surface area contributed by atoms with Gasteiger partial charge in [-0.1, -0.05) is 56.7 Å².